The van der Waals surface area contributed by atoms with Gasteiger partial charge < -0.3 is 0 Å². The predicted octanol–water partition coefficient (Wildman–Crippen LogP) is 20.4. The highest BCUT2D eigenvalue weighted by atomic mass is 32.2. The van der Waals surface area contributed by atoms with Gasteiger partial charge in [0, 0.05) is 33.4 Å². The molecule has 0 N–H and O–H groups in total. The second-order valence-electron chi connectivity index (χ2n) is 20.1. The molecule has 3 rings (SSSR count). The van der Waals surface area contributed by atoms with E-state index in [1.807, 2.05) is 0 Å². The number of rotatable bonds is 39. The van der Waals surface area contributed by atoms with Crippen LogP contribution in [-0.2, 0) is 68.7 Å². The van der Waals surface area contributed by atoms with Crippen molar-refractivity contribution in [3.63, 3.8) is 0 Å². The normalized spacial score (nSPS) is 11.7. The van der Waals surface area contributed by atoms with Gasteiger partial charge in [-0.15, -0.1) is 0 Å². The summed E-state index contributed by atoms with van der Waals surface area (Å²) in [6.07, 6.45) is 46.4. The molecular formula is C63H105S+. The summed E-state index contributed by atoms with van der Waals surface area (Å²) < 4.78 is 0. The molecule has 0 aromatic heterocycles. The molecule has 0 aliphatic rings. The maximum absolute atomic E-state index is 2.79. The van der Waals surface area contributed by atoms with Crippen molar-refractivity contribution >= 4 is 10.9 Å². The van der Waals surface area contributed by atoms with Crippen LogP contribution in [0.1, 0.15) is 286 Å². The monoisotopic (exact) mass is 894 g/mol. The Labute approximate surface area is 403 Å². The molecular weight excluding hydrogens is 789 g/mol. The zero-order chi connectivity index (χ0) is 46.2. The van der Waals surface area contributed by atoms with Crippen LogP contribution in [0.4, 0.5) is 0 Å². The molecule has 0 aliphatic heterocycles. The highest BCUT2D eigenvalue weighted by molar-refractivity contribution is 7.97. The predicted molar refractivity (Wildman–Crippen MR) is 291 cm³/mol. The van der Waals surface area contributed by atoms with Crippen LogP contribution in [0.15, 0.2) is 51.1 Å². The van der Waals surface area contributed by atoms with Crippen LogP contribution in [0.5, 0.6) is 0 Å². The maximum atomic E-state index is 2.79. The minimum Gasteiger partial charge on any atom is -0.0654 e. The second-order valence-corrected chi connectivity index (χ2v) is 22.0. The molecule has 0 bridgehead atoms. The van der Waals surface area contributed by atoms with Crippen molar-refractivity contribution < 1.29 is 0 Å². The van der Waals surface area contributed by atoms with Crippen molar-refractivity contribution in [2.45, 2.75) is 308 Å². The zero-order valence-electron chi connectivity index (χ0n) is 44.3. The van der Waals surface area contributed by atoms with E-state index in [9.17, 15) is 0 Å². The van der Waals surface area contributed by atoms with Gasteiger partial charge in [-0.25, -0.2) is 0 Å². The third kappa shape index (κ3) is 19.7. The summed E-state index contributed by atoms with van der Waals surface area (Å²) in [4.78, 5) is 5.39. The number of unbranched alkanes of at least 4 members (excludes halogenated alkanes) is 18. The Bertz CT molecular complexity index is 1360. The fourth-order valence-electron chi connectivity index (χ4n) is 10.2. The fourth-order valence-corrected chi connectivity index (χ4v) is 13.4. The topological polar surface area (TPSA) is 0 Å². The first-order chi connectivity index (χ1) is 31.4. The summed E-state index contributed by atoms with van der Waals surface area (Å²) in [5.74, 6) is 0. The molecule has 3 aromatic rings. The minimum absolute atomic E-state index is 0.163. The van der Waals surface area contributed by atoms with E-state index in [2.05, 4.69) is 98.7 Å². The first-order valence-electron chi connectivity index (χ1n) is 28.6. The Balaban J connectivity index is 2.71. The SMILES string of the molecule is CCCCCc1cc(CCCCC)c([S+](c2c(CCCCC)cc(CCCCC)cc2CCCCC)c2c(CCCCC)cc(CCCCC)cc2CCCCC)c(CCCCC)c1. The zero-order valence-corrected chi connectivity index (χ0v) is 45.1. The van der Waals surface area contributed by atoms with Gasteiger partial charge in [0.2, 0.25) is 0 Å². The molecule has 0 spiro atoms. The van der Waals surface area contributed by atoms with Crippen LogP contribution >= 0.6 is 0 Å². The summed E-state index contributed by atoms with van der Waals surface area (Å²) in [6.45, 7) is 21.6. The van der Waals surface area contributed by atoms with Crippen LogP contribution in [0, 0.1) is 0 Å². The van der Waals surface area contributed by atoms with E-state index >= 15 is 0 Å². The van der Waals surface area contributed by atoms with Gasteiger partial charge in [0.05, 0.1) is 0 Å². The smallest absolute Gasteiger partial charge is 0.0654 e. The Morgan fingerprint density at radius 2 is 0.375 bits per heavy atom. The van der Waals surface area contributed by atoms with E-state index in [1.165, 1.54) is 231 Å². The summed E-state index contributed by atoms with van der Waals surface area (Å²) >= 11 is 0. The molecule has 0 atom stereocenters. The third-order valence-corrected chi connectivity index (χ3v) is 16.8. The van der Waals surface area contributed by atoms with Crippen LogP contribution in [-0.4, -0.2) is 0 Å². The van der Waals surface area contributed by atoms with E-state index in [1.54, 1.807) is 64.8 Å². The molecule has 362 valence electrons. The lowest BCUT2D eigenvalue weighted by molar-refractivity contribution is 0.682. The summed E-state index contributed by atoms with van der Waals surface area (Å²) in [5.41, 5.74) is 15.3. The van der Waals surface area contributed by atoms with Crippen molar-refractivity contribution in [1.82, 2.24) is 0 Å². The van der Waals surface area contributed by atoms with E-state index in [0.717, 1.165) is 0 Å². The van der Waals surface area contributed by atoms with Crippen molar-refractivity contribution in [3.05, 3.63) is 86.5 Å². The second kappa shape index (κ2) is 35.2. The number of benzene rings is 3. The van der Waals surface area contributed by atoms with Gasteiger partial charge in [0.15, 0.2) is 14.7 Å². The van der Waals surface area contributed by atoms with Gasteiger partial charge in [0.25, 0.3) is 0 Å². The van der Waals surface area contributed by atoms with Crippen LogP contribution in [0.25, 0.3) is 0 Å². The lowest BCUT2D eigenvalue weighted by Gasteiger charge is -2.25. The summed E-state index contributed by atoms with van der Waals surface area (Å²) in [7, 11) is -0.163. The standard InChI is InChI=1S/C63H105S/c1-10-19-28-37-52-46-55(40-31-22-13-4)61(56(47-52)41-32-23-14-5)64(62-57(42-33-24-15-6)48-53(38-29-20-11-2)49-58(62)43-34-25-16-7)63-59(44-35-26-17-8)50-54(39-30-21-12-3)51-60(63)45-36-27-18-9/h46-51H,10-45H2,1-9H3/q+1. The van der Waals surface area contributed by atoms with E-state index in [0.29, 0.717) is 0 Å². The number of hydrogen-bond donors (Lipinski definition) is 0. The molecule has 64 heavy (non-hydrogen) atoms. The summed E-state index contributed by atoms with van der Waals surface area (Å²) in [6, 6.07) is 16.8. The van der Waals surface area contributed by atoms with Gasteiger partial charge >= 0.3 is 0 Å². The molecule has 0 nitrogen and oxygen atoms in total. The highest BCUT2D eigenvalue weighted by Crippen LogP contribution is 2.46. The van der Waals surface area contributed by atoms with Crippen molar-refractivity contribution in [2.24, 2.45) is 0 Å². The first kappa shape index (κ1) is 56.3. The van der Waals surface area contributed by atoms with Crippen LogP contribution in [0.2, 0.25) is 0 Å². The van der Waals surface area contributed by atoms with Gasteiger partial charge in [-0.3, -0.25) is 0 Å². The number of hydrogen-bond acceptors (Lipinski definition) is 0. The van der Waals surface area contributed by atoms with Gasteiger partial charge in [-0.1, -0.05) is 214 Å². The quantitative estimate of drug-likeness (QED) is 0.0395. The van der Waals surface area contributed by atoms with Gasteiger partial charge in [-0.2, -0.15) is 0 Å². The average molecular weight is 895 g/mol. The molecule has 0 aliphatic carbocycles. The maximum Gasteiger partial charge on any atom is 0.172 e. The van der Waals surface area contributed by atoms with E-state index < -0.39 is 0 Å². The summed E-state index contributed by atoms with van der Waals surface area (Å²) in [5, 5.41) is 0. The molecule has 0 radical (unpaired) electrons. The van der Waals surface area contributed by atoms with Gasteiger partial charge in [0.1, 0.15) is 10.9 Å². The molecule has 0 amide bonds. The first-order valence-corrected chi connectivity index (χ1v) is 29.8. The Morgan fingerprint density at radius 3 is 0.531 bits per heavy atom. The highest BCUT2D eigenvalue weighted by Gasteiger charge is 2.41. The van der Waals surface area contributed by atoms with Crippen molar-refractivity contribution in [2.75, 3.05) is 0 Å². The van der Waals surface area contributed by atoms with E-state index in [4.69, 9.17) is 0 Å². The number of aryl methyl sites for hydroxylation is 9. The Hall–Kier alpha value is -1.99. The Kier molecular flexibility index (Phi) is 31.0. The molecule has 3 aromatic carbocycles. The van der Waals surface area contributed by atoms with Crippen molar-refractivity contribution in [1.29, 1.82) is 0 Å². The molecule has 1 heteroatoms. The molecule has 0 unspecified atom stereocenters. The van der Waals surface area contributed by atoms with Crippen LogP contribution < -0.4 is 0 Å². The average Bonchev–Trinajstić information content (AvgIpc) is 3.29. The molecule has 0 saturated carbocycles. The molecule has 0 fully saturated rings. The van der Waals surface area contributed by atoms with E-state index in [-0.39, 0.29) is 10.9 Å². The Morgan fingerprint density at radius 1 is 0.219 bits per heavy atom. The van der Waals surface area contributed by atoms with Crippen LogP contribution in [0.3, 0.4) is 0 Å². The largest absolute Gasteiger partial charge is 0.172 e. The van der Waals surface area contributed by atoms with Crippen molar-refractivity contribution in [3.8, 4) is 0 Å². The van der Waals surface area contributed by atoms with Gasteiger partial charge in [-0.05, 0) is 132 Å². The fraction of sp³-hybridized carbons (Fsp3) is 0.714. The minimum atomic E-state index is -0.163. The third-order valence-electron chi connectivity index (χ3n) is 14.0. The lowest BCUT2D eigenvalue weighted by atomic mass is 9.94. The lowest BCUT2D eigenvalue weighted by Crippen LogP contribution is -2.20. The molecule has 0 heterocycles. The molecule has 0 saturated heterocycles.